The molecule has 4 heteroatoms. The summed E-state index contributed by atoms with van der Waals surface area (Å²) in [4.78, 5) is 14.6. The fourth-order valence-electron chi connectivity index (χ4n) is 4.00. The summed E-state index contributed by atoms with van der Waals surface area (Å²) in [6, 6.07) is 0. The van der Waals surface area contributed by atoms with Gasteiger partial charge in [-0.25, -0.2) is 0 Å². The SMILES string of the molecule is CCCCCCCCCCC=CCCN(CC(O)CO)C(=O)CC(CC)CCCCC. The van der Waals surface area contributed by atoms with Crippen LogP contribution in [0, 0.1) is 5.92 Å². The Hall–Kier alpha value is -0.870. The quantitative estimate of drug-likeness (QED) is 0.147. The van der Waals surface area contributed by atoms with Gasteiger partial charge in [-0.2, -0.15) is 0 Å². The molecule has 0 heterocycles. The van der Waals surface area contributed by atoms with E-state index in [1.807, 2.05) is 0 Å². The van der Waals surface area contributed by atoms with Crippen molar-refractivity contribution >= 4 is 5.91 Å². The van der Waals surface area contributed by atoms with Crippen LogP contribution in [0.1, 0.15) is 124 Å². The Labute approximate surface area is 193 Å². The maximum Gasteiger partial charge on any atom is 0.222 e. The number of carbonyl (C=O) groups excluding carboxylic acids is 1. The molecule has 0 aliphatic rings. The van der Waals surface area contributed by atoms with Crippen molar-refractivity contribution in [3.05, 3.63) is 12.2 Å². The van der Waals surface area contributed by atoms with E-state index in [9.17, 15) is 15.0 Å². The first-order chi connectivity index (χ1) is 15.1. The molecule has 2 N–H and O–H groups in total. The minimum atomic E-state index is -0.856. The van der Waals surface area contributed by atoms with Crippen molar-refractivity contribution in [3.8, 4) is 0 Å². The number of aliphatic hydroxyl groups is 2. The third kappa shape index (κ3) is 18.4. The van der Waals surface area contributed by atoms with E-state index in [4.69, 9.17) is 0 Å². The molecule has 0 rings (SSSR count). The molecule has 1 amide bonds. The van der Waals surface area contributed by atoms with E-state index >= 15 is 0 Å². The minimum absolute atomic E-state index is 0.118. The van der Waals surface area contributed by atoms with Gasteiger partial charge in [-0.3, -0.25) is 4.79 Å². The van der Waals surface area contributed by atoms with Gasteiger partial charge < -0.3 is 15.1 Å². The monoisotopic (exact) mass is 439 g/mol. The van der Waals surface area contributed by atoms with Crippen molar-refractivity contribution < 1.29 is 15.0 Å². The lowest BCUT2D eigenvalue weighted by Gasteiger charge is -2.26. The summed E-state index contributed by atoms with van der Waals surface area (Å²) in [5.74, 6) is 0.539. The maximum absolute atomic E-state index is 12.8. The van der Waals surface area contributed by atoms with Crippen LogP contribution in [-0.4, -0.2) is 46.8 Å². The van der Waals surface area contributed by atoms with Gasteiger partial charge in [-0.1, -0.05) is 104 Å². The van der Waals surface area contributed by atoms with E-state index in [1.165, 1.54) is 70.6 Å². The first-order valence-corrected chi connectivity index (χ1v) is 13.3. The van der Waals surface area contributed by atoms with E-state index in [0.29, 0.717) is 18.9 Å². The molecule has 0 radical (unpaired) electrons. The summed E-state index contributed by atoms with van der Waals surface area (Å²) in [5, 5.41) is 19.1. The Bertz CT molecular complexity index is 425. The molecular weight excluding hydrogens is 386 g/mol. The van der Waals surface area contributed by atoms with Crippen molar-refractivity contribution in [1.29, 1.82) is 0 Å². The summed E-state index contributed by atoms with van der Waals surface area (Å²) in [5.41, 5.74) is 0. The number of amides is 1. The van der Waals surface area contributed by atoms with Crippen LogP contribution in [0.15, 0.2) is 12.2 Å². The minimum Gasteiger partial charge on any atom is -0.394 e. The van der Waals surface area contributed by atoms with Gasteiger partial charge >= 0.3 is 0 Å². The second-order valence-corrected chi connectivity index (χ2v) is 9.17. The number of hydrogen-bond acceptors (Lipinski definition) is 3. The highest BCUT2D eigenvalue weighted by atomic mass is 16.3. The van der Waals surface area contributed by atoms with Gasteiger partial charge in [-0.15, -0.1) is 0 Å². The van der Waals surface area contributed by atoms with Crippen LogP contribution in [-0.2, 0) is 4.79 Å². The Kier molecular flexibility index (Phi) is 21.7. The number of carbonyl (C=O) groups is 1. The third-order valence-corrected chi connectivity index (χ3v) is 6.21. The van der Waals surface area contributed by atoms with Gasteiger partial charge in [0.25, 0.3) is 0 Å². The van der Waals surface area contributed by atoms with Gasteiger partial charge in [-0.05, 0) is 31.6 Å². The number of rotatable bonds is 22. The predicted octanol–water partition coefficient (Wildman–Crippen LogP) is 6.64. The van der Waals surface area contributed by atoms with Crippen LogP contribution in [0.5, 0.6) is 0 Å². The van der Waals surface area contributed by atoms with Crippen LogP contribution in [0.3, 0.4) is 0 Å². The lowest BCUT2D eigenvalue weighted by atomic mass is 9.94. The molecule has 4 nitrogen and oxygen atoms in total. The Morgan fingerprint density at radius 1 is 0.839 bits per heavy atom. The highest BCUT2D eigenvalue weighted by molar-refractivity contribution is 5.76. The normalized spacial score (nSPS) is 13.6. The van der Waals surface area contributed by atoms with Gasteiger partial charge in [0.15, 0.2) is 0 Å². The summed E-state index contributed by atoms with van der Waals surface area (Å²) in [6.45, 7) is 7.16. The highest BCUT2D eigenvalue weighted by Gasteiger charge is 2.20. The zero-order valence-corrected chi connectivity index (χ0v) is 21.0. The summed E-state index contributed by atoms with van der Waals surface area (Å²) < 4.78 is 0. The molecule has 0 aromatic rings. The molecule has 0 saturated heterocycles. The average Bonchev–Trinajstić information content (AvgIpc) is 2.78. The summed E-state index contributed by atoms with van der Waals surface area (Å²) in [7, 11) is 0. The highest BCUT2D eigenvalue weighted by Crippen LogP contribution is 2.19. The molecule has 0 aliphatic heterocycles. The van der Waals surface area contributed by atoms with Gasteiger partial charge in [0, 0.05) is 19.5 Å². The maximum atomic E-state index is 12.8. The van der Waals surface area contributed by atoms with Crippen molar-refractivity contribution in [2.24, 2.45) is 5.92 Å². The number of nitrogens with zero attached hydrogens (tertiary/aromatic N) is 1. The van der Waals surface area contributed by atoms with Crippen LogP contribution < -0.4 is 0 Å². The molecule has 184 valence electrons. The molecule has 0 bridgehead atoms. The number of hydrogen-bond donors (Lipinski definition) is 2. The lowest BCUT2D eigenvalue weighted by Crippen LogP contribution is -2.40. The smallest absolute Gasteiger partial charge is 0.222 e. The molecule has 0 aromatic heterocycles. The average molecular weight is 440 g/mol. The lowest BCUT2D eigenvalue weighted by molar-refractivity contribution is -0.134. The Morgan fingerprint density at radius 3 is 2.03 bits per heavy atom. The van der Waals surface area contributed by atoms with E-state index in [1.54, 1.807) is 4.90 Å². The van der Waals surface area contributed by atoms with Crippen LogP contribution in [0.25, 0.3) is 0 Å². The topological polar surface area (TPSA) is 60.8 Å². The van der Waals surface area contributed by atoms with E-state index in [-0.39, 0.29) is 19.1 Å². The standard InChI is InChI=1S/C27H53NO3/c1-4-7-9-10-11-12-13-14-15-16-17-19-21-28(23-26(30)24-29)27(31)22-25(6-3)20-18-8-5-2/h16-17,25-26,29-30H,4-15,18-24H2,1-3H3. The first kappa shape index (κ1) is 30.1. The summed E-state index contributed by atoms with van der Waals surface area (Å²) >= 11 is 0. The van der Waals surface area contributed by atoms with Gasteiger partial charge in [0.2, 0.25) is 5.91 Å². The largest absolute Gasteiger partial charge is 0.394 e. The second kappa shape index (κ2) is 22.3. The summed E-state index contributed by atoms with van der Waals surface area (Å²) in [6.07, 6.45) is 22.5. The molecule has 0 spiro atoms. The van der Waals surface area contributed by atoms with Gasteiger partial charge in [0.05, 0.1) is 12.7 Å². The van der Waals surface area contributed by atoms with Crippen LogP contribution in [0.4, 0.5) is 0 Å². The molecule has 0 aliphatic carbocycles. The zero-order chi connectivity index (χ0) is 23.2. The number of aliphatic hydroxyl groups excluding tert-OH is 2. The van der Waals surface area contributed by atoms with E-state index in [0.717, 1.165) is 25.7 Å². The molecule has 2 unspecified atom stereocenters. The third-order valence-electron chi connectivity index (χ3n) is 6.21. The van der Waals surface area contributed by atoms with Crippen molar-refractivity contribution in [2.45, 2.75) is 130 Å². The zero-order valence-electron chi connectivity index (χ0n) is 21.0. The Balaban J connectivity index is 4.21. The van der Waals surface area contributed by atoms with E-state index < -0.39 is 6.10 Å². The fraction of sp³-hybridized carbons (Fsp3) is 0.889. The van der Waals surface area contributed by atoms with E-state index in [2.05, 4.69) is 32.9 Å². The fourth-order valence-corrected chi connectivity index (χ4v) is 4.00. The van der Waals surface area contributed by atoms with Crippen molar-refractivity contribution in [3.63, 3.8) is 0 Å². The predicted molar refractivity (Wildman–Crippen MR) is 133 cm³/mol. The first-order valence-electron chi connectivity index (χ1n) is 13.3. The molecule has 31 heavy (non-hydrogen) atoms. The molecule has 2 atom stereocenters. The Morgan fingerprint density at radius 2 is 1.42 bits per heavy atom. The molecular formula is C27H53NO3. The number of allylic oxidation sites excluding steroid dienone is 1. The second-order valence-electron chi connectivity index (χ2n) is 9.17. The number of unbranched alkanes of at least 4 members (excludes halogenated alkanes) is 10. The van der Waals surface area contributed by atoms with Crippen LogP contribution in [0.2, 0.25) is 0 Å². The molecule has 0 saturated carbocycles. The molecule has 0 aromatic carbocycles. The van der Waals surface area contributed by atoms with Gasteiger partial charge in [0.1, 0.15) is 0 Å². The van der Waals surface area contributed by atoms with Crippen molar-refractivity contribution in [2.75, 3.05) is 19.7 Å². The van der Waals surface area contributed by atoms with Crippen LogP contribution >= 0.6 is 0 Å². The molecule has 0 fully saturated rings. The van der Waals surface area contributed by atoms with Crippen molar-refractivity contribution in [1.82, 2.24) is 4.90 Å².